The summed E-state index contributed by atoms with van der Waals surface area (Å²) in [6.45, 7) is 0.782. The lowest BCUT2D eigenvalue weighted by Gasteiger charge is -2.28. The number of nitrogens with two attached hydrogens (primary N) is 1. The van der Waals surface area contributed by atoms with Crippen molar-refractivity contribution in [2.24, 2.45) is 5.73 Å². The first-order valence-electron chi connectivity index (χ1n) is 8.08. The molecule has 0 unspecified atom stereocenters. The van der Waals surface area contributed by atoms with E-state index in [9.17, 15) is 13.2 Å². The Morgan fingerprint density at radius 1 is 1.17 bits per heavy atom. The quantitative estimate of drug-likeness (QED) is 0.876. The Morgan fingerprint density at radius 3 is 2.43 bits per heavy atom. The molecule has 1 aliphatic carbocycles. The molecule has 7 nitrogen and oxygen atoms in total. The smallest absolute Gasteiger partial charge is 0.252 e. The molecule has 1 saturated carbocycles. The lowest BCUT2D eigenvalue weighted by atomic mass is 9.85. The highest BCUT2D eigenvalue weighted by Gasteiger charge is 2.27. The van der Waals surface area contributed by atoms with Crippen LogP contribution in [0.25, 0.3) is 0 Å². The fraction of sp³-hybridized carbons (Fsp3) is 0.667. The van der Waals surface area contributed by atoms with Crippen LogP contribution in [0.2, 0.25) is 0 Å². The van der Waals surface area contributed by atoms with Crippen molar-refractivity contribution in [1.29, 1.82) is 0 Å². The van der Waals surface area contributed by atoms with E-state index in [1.165, 1.54) is 12.6 Å². The van der Waals surface area contributed by atoms with Crippen molar-refractivity contribution < 1.29 is 13.2 Å². The Balaban J connectivity index is 1.89. The maximum Gasteiger partial charge on any atom is 0.252 e. The fourth-order valence-corrected chi connectivity index (χ4v) is 4.53. The van der Waals surface area contributed by atoms with Gasteiger partial charge in [0.1, 0.15) is 0 Å². The molecule has 0 aromatic carbocycles. The number of nitrogens with zero attached hydrogens (tertiary/aromatic N) is 3. The first kappa shape index (κ1) is 16.2. The second-order valence-corrected chi connectivity index (χ2v) is 8.61. The average Bonchev–Trinajstić information content (AvgIpc) is 2.55. The van der Waals surface area contributed by atoms with E-state index in [1.807, 2.05) is 4.90 Å². The molecule has 1 saturated heterocycles. The number of primary amides is 1. The van der Waals surface area contributed by atoms with Gasteiger partial charge in [-0.15, -0.1) is 0 Å². The summed E-state index contributed by atoms with van der Waals surface area (Å²) < 4.78 is 23.1. The molecule has 2 heterocycles. The van der Waals surface area contributed by atoms with Crippen LogP contribution in [0.15, 0.2) is 6.20 Å². The molecule has 2 fully saturated rings. The van der Waals surface area contributed by atoms with E-state index in [-0.39, 0.29) is 17.4 Å². The van der Waals surface area contributed by atoms with Crippen LogP contribution in [-0.4, -0.2) is 48.9 Å². The molecule has 1 aromatic rings. The molecule has 23 heavy (non-hydrogen) atoms. The molecule has 2 aliphatic rings. The standard InChI is InChI=1S/C15H22N4O3S/c16-14(20)12-10-17-15(19-6-8-23(21,22)9-7-19)18-13(12)11-4-2-1-3-5-11/h10-11H,1-9H2,(H2,16,20). The van der Waals surface area contributed by atoms with Crippen LogP contribution in [0.1, 0.15) is 54.1 Å². The van der Waals surface area contributed by atoms with Crippen molar-refractivity contribution in [1.82, 2.24) is 9.97 Å². The van der Waals surface area contributed by atoms with Crippen molar-refractivity contribution in [2.45, 2.75) is 38.0 Å². The summed E-state index contributed by atoms with van der Waals surface area (Å²) in [7, 11) is -2.95. The maximum atomic E-state index is 11.7. The minimum atomic E-state index is -2.95. The lowest BCUT2D eigenvalue weighted by molar-refractivity contribution is 0.0997. The molecule has 0 atom stereocenters. The summed E-state index contributed by atoms with van der Waals surface area (Å²) >= 11 is 0. The number of anilines is 1. The minimum absolute atomic E-state index is 0.118. The summed E-state index contributed by atoms with van der Waals surface area (Å²) in [4.78, 5) is 22.4. The van der Waals surface area contributed by atoms with Crippen LogP contribution in [0.4, 0.5) is 5.95 Å². The summed E-state index contributed by atoms with van der Waals surface area (Å²) in [5.41, 5.74) is 6.60. The van der Waals surface area contributed by atoms with Gasteiger partial charge in [0.2, 0.25) is 5.95 Å². The van der Waals surface area contributed by atoms with Gasteiger partial charge < -0.3 is 10.6 Å². The van der Waals surface area contributed by atoms with Crippen LogP contribution in [0.3, 0.4) is 0 Å². The number of carbonyl (C=O) groups is 1. The second-order valence-electron chi connectivity index (χ2n) is 6.31. The number of carbonyl (C=O) groups excluding carboxylic acids is 1. The van der Waals surface area contributed by atoms with E-state index in [0.29, 0.717) is 24.6 Å². The fourth-order valence-electron chi connectivity index (χ4n) is 3.33. The summed E-state index contributed by atoms with van der Waals surface area (Å²) in [6, 6.07) is 0. The molecule has 3 rings (SSSR count). The largest absolute Gasteiger partial charge is 0.365 e. The third kappa shape index (κ3) is 3.63. The molecule has 0 spiro atoms. The van der Waals surface area contributed by atoms with Gasteiger partial charge in [-0.05, 0) is 12.8 Å². The molecule has 1 amide bonds. The summed E-state index contributed by atoms with van der Waals surface area (Å²) in [5.74, 6) is 0.477. The Bertz CT molecular complexity index is 685. The van der Waals surface area contributed by atoms with Crippen LogP contribution in [0, 0.1) is 0 Å². The van der Waals surface area contributed by atoms with Crippen molar-refractivity contribution in [2.75, 3.05) is 29.5 Å². The van der Waals surface area contributed by atoms with Crippen LogP contribution in [0.5, 0.6) is 0 Å². The van der Waals surface area contributed by atoms with Crippen molar-refractivity contribution >= 4 is 21.7 Å². The molecular formula is C15H22N4O3S. The van der Waals surface area contributed by atoms with E-state index >= 15 is 0 Å². The maximum absolute atomic E-state index is 11.7. The number of amides is 1. The van der Waals surface area contributed by atoms with Gasteiger partial charge in [-0.2, -0.15) is 0 Å². The number of hydrogen-bond donors (Lipinski definition) is 1. The molecule has 1 aromatic heterocycles. The highest BCUT2D eigenvalue weighted by atomic mass is 32.2. The zero-order chi connectivity index (χ0) is 16.4. The van der Waals surface area contributed by atoms with E-state index in [1.54, 1.807) is 0 Å². The number of aromatic nitrogens is 2. The molecule has 126 valence electrons. The Hall–Kier alpha value is -1.70. The van der Waals surface area contributed by atoms with Gasteiger partial charge in [0.05, 0.1) is 22.8 Å². The molecular weight excluding hydrogens is 316 g/mol. The molecule has 8 heteroatoms. The van der Waals surface area contributed by atoms with Gasteiger partial charge in [-0.1, -0.05) is 19.3 Å². The van der Waals surface area contributed by atoms with E-state index in [2.05, 4.69) is 9.97 Å². The molecule has 1 aliphatic heterocycles. The predicted molar refractivity (Wildman–Crippen MR) is 87.2 cm³/mol. The van der Waals surface area contributed by atoms with Gasteiger partial charge in [-0.25, -0.2) is 18.4 Å². The van der Waals surface area contributed by atoms with Gasteiger partial charge in [-0.3, -0.25) is 4.79 Å². The zero-order valence-corrected chi connectivity index (χ0v) is 13.9. The summed E-state index contributed by atoms with van der Waals surface area (Å²) in [6.07, 6.45) is 6.98. The molecule has 2 N–H and O–H groups in total. The third-order valence-corrected chi connectivity index (χ3v) is 6.30. The minimum Gasteiger partial charge on any atom is -0.365 e. The predicted octanol–water partition coefficient (Wildman–Crippen LogP) is 0.858. The van der Waals surface area contributed by atoms with Gasteiger partial charge >= 0.3 is 0 Å². The lowest BCUT2D eigenvalue weighted by Crippen LogP contribution is -2.41. The Morgan fingerprint density at radius 2 is 1.83 bits per heavy atom. The molecule has 0 bridgehead atoms. The number of hydrogen-bond acceptors (Lipinski definition) is 6. The number of sulfone groups is 1. The Labute approximate surface area is 136 Å². The third-order valence-electron chi connectivity index (χ3n) is 4.69. The highest BCUT2D eigenvalue weighted by Crippen LogP contribution is 2.33. The summed E-state index contributed by atoms with van der Waals surface area (Å²) in [5, 5.41) is 0. The van der Waals surface area contributed by atoms with Crippen LogP contribution >= 0.6 is 0 Å². The van der Waals surface area contributed by atoms with Crippen molar-refractivity contribution in [3.05, 3.63) is 17.5 Å². The highest BCUT2D eigenvalue weighted by molar-refractivity contribution is 7.91. The zero-order valence-electron chi connectivity index (χ0n) is 13.1. The van der Waals surface area contributed by atoms with Gasteiger partial charge in [0, 0.05) is 25.2 Å². The van der Waals surface area contributed by atoms with Crippen LogP contribution in [-0.2, 0) is 9.84 Å². The second kappa shape index (κ2) is 6.43. The van der Waals surface area contributed by atoms with E-state index < -0.39 is 15.7 Å². The van der Waals surface area contributed by atoms with E-state index in [4.69, 9.17) is 5.73 Å². The first-order valence-corrected chi connectivity index (χ1v) is 9.90. The average molecular weight is 338 g/mol. The topological polar surface area (TPSA) is 106 Å². The van der Waals surface area contributed by atoms with Gasteiger partial charge in [0.25, 0.3) is 5.91 Å². The normalized spacial score (nSPS) is 22.0. The first-order chi connectivity index (χ1) is 11.0. The molecule has 0 radical (unpaired) electrons. The SMILES string of the molecule is NC(=O)c1cnc(N2CCS(=O)(=O)CC2)nc1C1CCCCC1. The monoisotopic (exact) mass is 338 g/mol. The van der Waals surface area contributed by atoms with E-state index in [0.717, 1.165) is 31.4 Å². The van der Waals surface area contributed by atoms with Gasteiger partial charge in [0.15, 0.2) is 9.84 Å². The van der Waals surface area contributed by atoms with Crippen molar-refractivity contribution in [3.8, 4) is 0 Å². The number of rotatable bonds is 3. The van der Waals surface area contributed by atoms with Crippen molar-refractivity contribution in [3.63, 3.8) is 0 Å². The van der Waals surface area contributed by atoms with Crippen LogP contribution < -0.4 is 10.6 Å². The Kier molecular flexibility index (Phi) is 4.52.